The molecule has 0 bridgehead atoms. The fourth-order valence-corrected chi connectivity index (χ4v) is 3.80. The maximum atomic E-state index is 4.79. The Hall–Kier alpha value is -3.08. The van der Waals surface area contributed by atoms with Gasteiger partial charge in [-0.3, -0.25) is 0 Å². The predicted octanol–water partition coefficient (Wildman–Crippen LogP) is 5.07. The monoisotopic (exact) mass is 373 g/mol. The SMILES string of the molecule is CCN(CC)c1ccc(Nc2nc(C)cc(N3CCc4ccccc43)n2)cc1. The van der Waals surface area contributed by atoms with Crippen molar-refractivity contribution in [2.75, 3.05) is 34.8 Å². The summed E-state index contributed by atoms with van der Waals surface area (Å²) in [7, 11) is 0. The van der Waals surface area contributed by atoms with Crippen molar-refractivity contribution in [2.45, 2.75) is 27.2 Å². The Labute approximate surface area is 167 Å². The van der Waals surface area contributed by atoms with Gasteiger partial charge >= 0.3 is 0 Å². The van der Waals surface area contributed by atoms with Crippen molar-refractivity contribution in [2.24, 2.45) is 0 Å². The Bertz CT molecular complexity index is 947. The summed E-state index contributed by atoms with van der Waals surface area (Å²) in [6, 6.07) is 19.1. The van der Waals surface area contributed by atoms with Gasteiger partial charge in [-0.2, -0.15) is 4.98 Å². The Morgan fingerprint density at radius 2 is 1.75 bits per heavy atom. The highest BCUT2D eigenvalue weighted by Gasteiger charge is 2.21. The lowest BCUT2D eigenvalue weighted by Crippen LogP contribution is -2.21. The summed E-state index contributed by atoms with van der Waals surface area (Å²) in [4.78, 5) is 14.0. The van der Waals surface area contributed by atoms with Gasteiger partial charge in [0.25, 0.3) is 0 Å². The van der Waals surface area contributed by atoms with E-state index in [2.05, 4.69) is 88.5 Å². The molecule has 0 atom stereocenters. The first kappa shape index (κ1) is 18.3. The first-order valence-electron chi connectivity index (χ1n) is 10.0. The molecule has 0 unspecified atom stereocenters. The van der Waals surface area contributed by atoms with Crippen LogP contribution in [0.5, 0.6) is 0 Å². The largest absolute Gasteiger partial charge is 0.372 e. The summed E-state index contributed by atoms with van der Waals surface area (Å²) in [5.41, 5.74) is 5.80. The van der Waals surface area contributed by atoms with E-state index in [0.29, 0.717) is 5.95 Å². The molecule has 1 N–H and O–H groups in total. The van der Waals surface area contributed by atoms with Crippen LogP contribution in [0.1, 0.15) is 25.1 Å². The van der Waals surface area contributed by atoms with E-state index in [9.17, 15) is 0 Å². The second-order valence-corrected chi connectivity index (χ2v) is 7.07. The number of anilines is 5. The van der Waals surface area contributed by atoms with Gasteiger partial charge in [-0.25, -0.2) is 4.98 Å². The molecule has 0 saturated heterocycles. The average molecular weight is 374 g/mol. The van der Waals surface area contributed by atoms with Gasteiger partial charge in [0.05, 0.1) is 0 Å². The minimum atomic E-state index is 0.634. The van der Waals surface area contributed by atoms with Crippen LogP contribution in [0.25, 0.3) is 0 Å². The number of rotatable bonds is 6. The highest BCUT2D eigenvalue weighted by atomic mass is 15.2. The van der Waals surface area contributed by atoms with E-state index in [1.807, 2.05) is 6.92 Å². The molecule has 1 aromatic heterocycles. The number of nitrogens with one attached hydrogen (secondary N) is 1. The van der Waals surface area contributed by atoms with E-state index in [4.69, 9.17) is 4.98 Å². The number of aromatic nitrogens is 2. The number of benzene rings is 2. The summed E-state index contributed by atoms with van der Waals surface area (Å²) >= 11 is 0. The molecule has 0 saturated carbocycles. The smallest absolute Gasteiger partial charge is 0.229 e. The number of fused-ring (bicyclic) bond motifs is 1. The standard InChI is InChI=1S/C23H27N5/c1-4-27(5-2)20-12-10-19(11-13-20)25-23-24-17(3)16-22(26-23)28-15-14-18-8-6-7-9-21(18)28/h6-13,16H,4-5,14-15H2,1-3H3,(H,24,25,26). The van der Waals surface area contributed by atoms with Gasteiger partial charge in [0, 0.05) is 48.5 Å². The summed E-state index contributed by atoms with van der Waals surface area (Å²) in [6.45, 7) is 9.33. The summed E-state index contributed by atoms with van der Waals surface area (Å²) in [5, 5.41) is 3.37. The number of hydrogen-bond donors (Lipinski definition) is 1. The molecule has 5 nitrogen and oxygen atoms in total. The Balaban J connectivity index is 1.57. The number of nitrogens with zero attached hydrogens (tertiary/aromatic N) is 4. The molecule has 0 aliphatic carbocycles. The van der Waals surface area contributed by atoms with Crippen LogP contribution in [0, 0.1) is 6.92 Å². The van der Waals surface area contributed by atoms with Gasteiger partial charge in [-0.15, -0.1) is 0 Å². The third-order valence-corrected chi connectivity index (χ3v) is 5.26. The zero-order valence-electron chi connectivity index (χ0n) is 16.8. The van der Waals surface area contributed by atoms with Crippen LogP contribution in [0.15, 0.2) is 54.6 Å². The van der Waals surface area contributed by atoms with Crippen molar-refractivity contribution in [1.29, 1.82) is 0 Å². The average Bonchev–Trinajstić information content (AvgIpc) is 3.14. The summed E-state index contributed by atoms with van der Waals surface area (Å²) < 4.78 is 0. The number of hydrogen-bond acceptors (Lipinski definition) is 5. The fourth-order valence-electron chi connectivity index (χ4n) is 3.80. The van der Waals surface area contributed by atoms with Crippen LogP contribution in [-0.2, 0) is 6.42 Å². The Kier molecular flexibility index (Phi) is 5.15. The fraction of sp³-hybridized carbons (Fsp3) is 0.304. The molecule has 1 aliphatic heterocycles. The molecule has 3 aromatic rings. The molecular formula is C23H27N5. The molecule has 0 fully saturated rings. The normalized spacial score (nSPS) is 12.8. The van der Waals surface area contributed by atoms with E-state index in [-0.39, 0.29) is 0 Å². The van der Waals surface area contributed by atoms with Crippen molar-refractivity contribution in [3.05, 3.63) is 65.9 Å². The molecule has 0 amide bonds. The highest BCUT2D eigenvalue weighted by Crippen LogP contribution is 2.34. The van der Waals surface area contributed by atoms with E-state index >= 15 is 0 Å². The van der Waals surface area contributed by atoms with Gasteiger partial charge in [0.1, 0.15) is 5.82 Å². The zero-order valence-corrected chi connectivity index (χ0v) is 16.8. The van der Waals surface area contributed by atoms with Crippen LogP contribution in [0.2, 0.25) is 0 Å². The maximum Gasteiger partial charge on any atom is 0.229 e. The molecule has 1 aliphatic rings. The second kappa shape index (κ2) is 7.89. The van der Waals surface area contributed by atoms with Gasteiger partial charge in [0.2, 0.25) is 5.95 Å². The van der Waals surface area contributed by atoms with E-state index < -0.39 is 0 Å². The van der Waals surface area contributed by atoms with Gasteiger partial charge in [0.15, 0.2) is 0 Å². The maximum absolute atomic E-state index is 4.79. The topological polar surface area (TPSA) is 44.3 Å². The minimum Gasteiger partial charge on any atom is -0.372 e. The Morgan fingerprint density at radius 3 is 2.50 bits per heavy atom. The first-order valence-corrected chi connectivity index (χ1v) is 10.0. The van der Waals surface area contributed by atoms with Crippen molar-refractivity contribution in [1.82, 2.24) is 9.97 Å². The lowest BCUT2D eigenvalue weighted by molar-refractivity contribution is 0.866. The molecule has 5 heteroatoms. The lowest BCUT2D eigenvalue weighted by atomic mass is 10.2. The third-order valence-electron chi connectivity index (χ3n) is 5.26. The molecule has 0 spiro atoms. The highest BCUT2D eigenvalue weighted by molar-refractivity contribution is 5.69. The second-order valence-electron chi connectivity index (χ2n) is 7.07. The molecule has 28 heavy (non-hydrogen) atoms. The summed E-state index contributed by atoms with van der Waals surface area (Å²) in [6.07, 6.45) is 1.05. The molecule has 4 rings (SSSR count). The summed E-state index contributed by atoms with van der Waals surface area (Å²) in [5.74, 6) is 1.58. The molecule has 2 heterocycles. The molecular weight excluding hydrogens is 346 g/mol. The van der Waals surface area contributed by atoms with Crippen LogP contribution in [-0.4, -0.2) is 29.6 Å². The van der Waals surface area contributed by atoms with Crippen molar-refractivity contribution < 1.29 is 0 Å². The predicted molar refractivity (Wildman–Crippen MR) is 117 cm³/mol. The van der Waals surface area contributed by atoms with E-state index in [1.54, 1.807) is 0 Å². The molecule has 144 valence electrons. The van der Waals surface area contributed by atoms with E-state index in [0.717, 1.165) is 43.3 Å². The molecule has 0 radical (unpaired) electrons. The minimum absolute atomic E-state index is 0.634. The van der Waals surface area contributed by atoms with Gasteiger partial charge < -0.3 is 15.1 Å². The number of para-hydroxylation sites is 1. The van der Waals surface area contributed by atoms with Crippen molar-refractivity contribution >= 4 is 28.8 Å². The third kappa shape index (κ3) is 3.65. The van der Waals surface area contributed by atoms with Crippen molar-refractivity contribution in [3.63, 3.8) is 0 Å². The van der Waals surface area contributed by atoms with Crippen molar-refractivity contribution in [3.8, 4) is 0 Å². The molecule has 2 aromatic carbocycles. The van der Waals surface area contributed by atoms with Gasteiger partial charge in [-0.05, 0) is 63.1 Å². The number of aryl methyl sites for hydroxylation is 1. The van der Waals surface area contributed by atoms with Crippen LogP contribution < -0.4 is 15.1 Å². The van der Waals surface area contributed by atoms with Crippen LogP contribution in [0.4, 0.5) is 28.8 Å². The van der Waals surface area contributed by atoms with Crippen LogP contribution >= 0.6 is 0 Å². The first-order chi connectivity index (χ1) is 13.7. The zero-order chi connectivity index (χ0) is 19.5. The quantitative estimate of drug-likeness (QED) is 0.653. The van der Waals surface area contributed by atoms with Crippen LogP contribution in [0.3, 0.4) is 0 Å². The van der Waals surface area contributed by atoms with Gasteiger partial charge in [-0.1, -0.05) is 18.2 Å². The Morgan fingerprint density at radius 1 is 1.00 bits per heavy atom. The lowest BCUT2D eigenvalue weighted by Gasteiger charge is -2.21. The van der Waals surface area contributed by atoms with E-state index in [1.165, 1.54) is 16.9 Å².